The van der Waals surface area contributed by atoms with Crippen molar-refractivity contribution in [2.45, 2.75) is 32.7 Å². The second-order valence-electron chi connectivity index (χ2n) is 4.19. The summed E-state index contributed by atoms with van der Waals surface area (Å²) in [6.07, 6.45) is 1.09. The molecule has 1 aromatic rings. The van der Waals surface area contributed by atoms with Gasteiger partial charge in [0.2, 0.25) is 0 Å². The second kappa shape index (κ2) is 3.14. The fourth-order valence-electron chi connectivity index (χ4n) is 1.72. The number of H-pyrrole nitrogens is 1. The maximum absolute atomic E-state index is 4.60. The number of nitrogens with one attached hydrogen (secondary N) is 1. The van der Waals surface area contributed by atoms with Crippen molar-refractivity contribution in [1.82, 2.24) is 14.9 Å². The fourth-order valence-corrected chi connectivity index (χ4v) is 1.72. The van der Waals surface area contributed by atoms with Crippen molar-refractivity contribution in [3.05, 3.63) is 17.2 Å². The average Bonchev–Trinajstić information content (AvgIpc) is 2.46. The average molecular weight is 179 g/mol. The summed E-state index contributed by atoms with van der Waals surface area (Å²) in [6.45, 7) is 6.51. The van der Waals surface area contributed by atoms with Crippen LogP contribution in [0.2, 0.25) is 0 Å². The summed E-state index contributed by atoms with van der Waals surface area (Å²) in [4.78, 5) is 10.3. The lowest BCUT2D eigenvalue weighted by atomic mass is 10.2. The van der Waals surface area contributed by atoms with Crippen LogP contribution in [0.1, 0.15) is 37.0 Å². The first kappa shape index (κ1) is 8.75. The van der Waals surface area contributed by atoms with Gasteiger partial charge in [-0.15, -0.1) is 0 Å². The summed E-state index contributed by atoms with van der Waals surface area (Å²) in [6, 6.07) is 0. The molecule has 0 aromatic carbocycles. The number of nitrogens with zero attached hydrogens (tertiary/aromatic N) is 2. The van der Waals surface area contributed by atoms with E-state index >= 15 is 0 Å². The number of hydrogen-bond donors (Lipinski definition) is 1. The van der Waals surface area contributed by atoms with E-state index in [2.05, 4.69) is 35.8 Å². The molecule has 0 spiro atoms. The minimum Gasteiger partial charge on any atom is -0.344 e. The molecule has 2 heterocycles. The highest BCUT2D eigenvalue weighted by Gasteiger charge is 2.18. The smallest absolute Gasteiger partial charge is 0.109 e. The molecule has 0 atom stereocenters. The molecule has 0 bridgehead atoms. The van der Waals surface area contributed by atoms with Gasteiger partial charge in [0.25, 0.3) is 0 Å². The van der Waals surface area contributed by atoms with Crippen LogP contribution < -0.4 is 0 Å². The van der Waals surface area contributed by atoms with Crippen molar-refractivity contribution in [3.8, 4) is 0 Å². The van der Waals surface area contributed by atoms with Crippen LogP contribution in [0, 0.1) is 0 Å². The van der Waals surface area contributed by atoms with Crippen LogP contribution in [0.25, 0.3) is 0 Å². The molecule has 72 valence electrons. The molecular formula is C10H17N3. The third kappa shape index (κ3) is 1.61. The van der Waals surface area contributed by atoms with Gasteiger partial charge in [-0.1, -0.05) is 13.8 Å². The van der Waals surface area contributed by atoms with Gasteiger partial charge in [0, 0.05) is 25.4 Å². The van der Waals surface area contributed by atoms with E-state index in [1.165, 1.54) is 11.4 Å². The quantitative estimate of drug-likeness (QED) is 0.709. The van der Waals surface area contributed by atoms with Gasteiger partial charge in [-0.05, 0) is 7.05 Å². The molecular weight excluding hydrogens is 162 g/mol. The topological polar surface area (TPSA) is 31.9 Å². The van der Waals surface area contributed by atoms with Crippen LogP contribution in [-0.4, -0.2) is 28.5 Å². The van der Waals surface area contributed by atoms with E-state index in [-0.39, 0.29) is 0 Å². The van der Waals surface area contributed by atoms with Crippen molar-refractivity contribution in [3.63, 3.8) is 0 Å². The third-order valence-corrected chi connectivity index (χ3v) is 2.59. The molecule has 3 nitrogen and oxygen atoms in total. The Balaban J connectivity index is 2.28. The van der Waals surface area contributed by atoms with Crippen molar-refractivity contribution < 1.29 is 0 Å². The molecule has 0 aliphatic carbocycles. The van der Waals surface area contributed by atoms with Crippen molar-refractivity contribution >= 4 is 0 Å². The number of rotatable bonds is 1. The Bertz CT molecular complexity index is 301. The normalized spacial score (nSPS) is 17.8. The Labute approximate surface area is 79.2 Å². The van der Waals surface area contributed by atoms with E-state index in [9.17, 15) is 0 Å². The van der Waals surface area contributed by atoms with E-state index in [4.69, 9.17) is 0 Å². The molecule has 0 saturated carbocycles. The standard InChI is InChI=1S/C10H17N3/c1-7(2)10-11-8-4-5-13(3)6-9(8)12-10/h7H,4-6H2,1-3H3,(H,11,12). The van der Waals surface area contributed by atoms with E-state index in [1.54, 1.807) is 0 Å². The van der Waals surface area contributed by atoms with E-state index in [1.807, 2.05) is 0 Å². The van der Waals surface area contributed by atoms with Crippen LogP contribution in [0.4, 0.5) is 0 Å². The zero-order valence-corrected chi connectivity index (χ0v) is 8.59. The Morgan fingerprint density at radius 3 is 2.92 bits per heavy atom. The highest BCUT2D eigenvalue weighted by atomic mass is 15.1. The zero-order chi connectivity index (χ0) is 9.42. The van der Waals surface area contributed by atoms with Gasteiger partial charge in [0.05, 0.1) is 11.4 Å². The molecule has 13 heavy (non-hydrogen) atoms. The van der Waals surface area contributed by atoms with Crippen molar-refractivity contribution in [2.24, 2.45) is 0 Å². The Morgan fingerprint density at radius 2 is 2.23 bits per heavy atom. The number of hydrogen-bond acceptors (Lipinski definition) is 2. The highest BCUT2D eigenvalue weighted by molar-refractivity contribution is 5.18. The molecule has 3 heteroatoms. The number of aromatic amines is 1. The van der Waals surface area contributed by atoms with E-state index < -0.39 is 0 Å². The molecule has 1 N–H and O–H groups in total. The second-order valence-corrected chi connectivity index (χ2v) is 4.19. The highest BCUT2D eigenvalue weighted by Crippen LogP contribution is 2.18. The minimum atomic E-state index is 0.510. The first-order valence-electron chi connectivity index (χ1n) is 4.93. The largest absolute Gasteiger partial charge is 0.344 e. The van der Waals surface area contributed by atoms with Crippen LogP contribution in [-0.2, 0) is 13.0 Å². The number of imidazole rings is 1. The molecule has 0 saturated heterocycles. The number of aromatic nitrogens is 2. The Hall–Kier alpha value is -0.830. The van der Waals surface area contributed by atoms with Crippen LogP contribution >= 0.6 is 0 Å². The molecule has 0 fully saturated rings. The fraction of sp³-hybridized carbons (Fsp3) is 0.700. The van der Waals surface area contributed by atoms with Gasteiger partial charge in [-0.2, -0.15) is 0 Å². The summed E-state index contributed by atoms with van der Waals surface area (Å²) >= 11 is 0. The SMILES string of the molecule is CC(C)c1nc2c([nH]1)CN(C)CC2. The molecule has 0 unspecified atom stereocenters. The van der Waals surface area contributed by atoms with Gasteiger partial charge < -0.3 is 9.88 Å². The first-order chi connectivity index (χ1) is 6.16. The molecule has 2 rings (SSSR count). The van der Waals surface area contributed by atoms with Crippen molar-refractivity contribution in [2.75, 3.05) is 13.6 Å². The molecule has 1 aromatic heterocycles. The maximum Gasteiger partial charge on any atom is 0.109 e. The lowest BCUT2D eigenvalue weighted by Crippen LogP contribution is -2.26. The maximum atomic E-state index is 4.60. The molecule has 1 aliphatic rings. The first-order valence-corrected chi connectivity index (χ1v) is 4.93. The van der Waals surface area contributed by atoms with Gasteiger partial charge in [-0.25, -0.2) is 4.98 Å². The predicted octanol–water partition coefficient (Wildman–Crippen LogP) is 1.52. The van der Waals surface area contributed by atoms with Crippen LogP contribution in [0.5, 0.6) is 0 Å². The van der Waals surface area contributed by atoms with Crippen LogP contribution in [0.3, 0.4) is 0 Å². The minimum absolute atomic E-state index is 0.510. The van der Waals surface area contributed by atoms with Gasteiger partial charge in [0.15, 0.2) is 0 Å². The lowest BCUT2D eigenvalue weighted by Gasteiger charge is -2.20. The molecule has 0 amide bonds. The summed E-state index contributed by atoms with van der Waals surface area (Å²) in [5.74, 6) is 1.65. The van der Waals surface area contributed by atoms with Gasteiger partial charge in [0.1, 0.15) is 5.82 Å². The summed E-state index contributed by atoms with van der Waals surface area (Å²) < 4.78 is 0. The third-order valence-electron chi connectivity index (χ3n) is 2.59. The van der Waals surface area contributed by atoms with Gasteiger partial charge in [-0.3, -0.25) is 0 Å². The zero-order valence-electron chi connectivity index (χ0n) is 8.59. The number of fused-ring (bicyclic) bond motifs is 1. The summed E-state index contributed by atoms with van der Waals surface area (Å²) in [7, 11) is 2.15. The van der Waals surface area contributed by atoms with Crippen LogP contribution in [0.15, 0.2) is 0 Å². The lowest BCUT2D eigenvalue weighted by molar-refractivity contribution is 0.307. The predicted molar refractivity (Wildman–Crippen MR) is 52.7 cm³/mol. The Morgan fingerprint density at radius 1 is 1.46 bits per heavy atom. The van der Waals surface area contributed by atoms with E-state index in [0.717, 1.165) is 25.3 Å². The number of likely N-dealkylation sites (N-methyl/N-ethyl adjacent to an activating group) is 1. The Kier molecular flexibility index (Phi) is 2.12. The van der Waals surface area contributed by atoms with Gasteiger partial charge >= 0.3 is 0 Å². The monoisotopic (exact) mass is 179 g/mol. The van der Waals surface area contributed by atoms with Crippen molar-refractivity contribution in [1.29, 1.82) is 0 Å². The molecule has 1 aliphatic heterocycles. The molecule has 0 radical (unpaired) electrons. The van der Waals surface area contributed by atoms with E-state index in [0.29, 0.717) is 5.92 Å². The summed E-state index contributed by atoms with van der Waals surface area (Å²) in [5.41, 5.74) is 2.60. The summed E-state index contributed by atoms with van der Waals surface area (Å²) in [5, 5.41) is 0.